The van der Waals surface area contributed by atoms with Crippen LogP contribution < -0.4 is 0 Å². The van der Waals surface area contributed by atoms with Crippen molar-refractivity contribution in [2.75, 3.05) is 39.3 Å². The molecule has 37 heavy (non-hydrogen) atoms. The number of likely N-dealkylation sites (tertiary alicyclic amines) is 1. The van der Waals surface area contributed by atoms with Crippen LogP contribution in [-0.2, 0) is 34.0 Å². The zero-order valence-electron chi connectivity index (χ0n) is 21.1. The van der Waals surface area contributed by atoms with E-state index in [1.807, 2.05) is 47.8 Å². The second-order valence-corrected chi connectivity index (χ2v) is 10.3. The molecule has 196 valence electrons. The van der Waals surface area contributed by atoms with Crippen LogP contribution >= 0.6 is 11.3 Å². The third kappa shape index (κ3) is 8.77. The number of thiophene rings is 1. The van der Waals surface area contributed by atoms with Crippen molar-refractivity contribution in [3.05, 3.63) is 93.9 Å². The molecule has 0 atom stereocenters. The second-order valence-electron chi connectivity index (χ2n) is 9.30. The molecule has 4 rings (SSSR count). The number of halogens is 1. The molecule has 1 saturated heterocycles. The first kappa shape index (κ1) is 27.0. The van der Waals surface area contributed by atoms with Crippen molar-refractivity contribution in [3.8, 4) is 0 Å². The highest BCUT2D eigenvalue weighted by molar-refractivity contribution is 7.09. The summed E-state index contributed by atoms with van der Waals surface area (Å²) in [5.74, 6) is -0.647. The molecule has 0 N–H and O–H groups in total. The predicted octanol–water partition coefficient (Wildman–Crippen LogP) is 4.56. The van der Waals surface area contributed by atoms with Gasteiger partial charge >= 0.3 is 0 Å². The summed E-state index contributed by atoms with van der Waals surface area (Å²) in [6.07, 6.45) is 2.33. The normalized spacial score (nSPS) is 13.5. The van der Waals surface area contributed by atoms with E-state index in [2.05, 4.69) is 4.90 Å². The summed E-state index contributed by atoms with van der Waals surface area (Å²) in [5.41, 5.74) is 1.84. The fourth-order valence-electron chi connectivity index (χ4n) is 4.38. The molecule has 3 aromatic rings. The van der Waals surface area contributed by atoms with E-state index >= 15 is 0 Å². The van der Waals surface area contributed by atoms with E-state index in [4.69, 9.17) is 4.74 Å². The van der Waals surface area contributed by atoms with Crippen LogP contribution in [0.3, 0.4) is 0 Å². The Hall–Kier alpha value is -3.07. The molecule has 6 nitrogen and oxygen atoms in total. The van der Waals surface area contributed by atoms with Crippen molar-refractivity contribution < 1.29 is 18.7 Å². The van der Waals surface area contributed by atoms with Gasteiger partial charge in [-0.25, -0.2) is 4.39 Å². The van der Waals surface area contributed by atoms with Crippen molar-refractivity contribution >= 4 is 23.2 Å². The minimum absolute atomic E-state index is 0.0199. The molecule has 8 heteroatoms. The van der Waals surface area contributed by atoms with Gasteiger partial charge in [0.2, 0.25) is 11.8 Å². The molecule has 0 aliphatic carbocycles. The number of carbonyl (C=O) groups excluding carboxylic acids is 2. The van der Waals surface area contributed by atoms with Gasteiger partial charge in [0, 0.05) is 24.5 Å². The van der Waals surface area contributed by atoms with E-state index in [9.17, 15) is 14.0 Å². The monoisotopic (exact) mass is 523 g/mol. The van der Waals surface area contributed by atoms with Crippen molar-refractivity contribution in [2.24, 2.45) is 0 Å². The molecule has 0 spiro atoms. The maximum atomic E-state index is 13.6. The number of hydrogen-bond acceptors (Lipinski definition) is 5. The second kappa shape index (κ2) is 14.0. The standard InChI is InChI=1S/C29H34FN3O3S/c30-26-12-10-24(11-13-26)19-33(20-27-9-6-18-37-27)28(34)21-32(17-16-31-14-4-5-15-31)29(35)23-36-22-25-7-2-1-3-8-25/h1-3,6-13,18H,4-5,14-17,19-23H2. The molecule has 2 amide bonds. The van der Waals surface area contributed by atoms with Gasteiger partial charge in [0.25, 0.3) is 0 Å². The summed E-state index contributed by atoms with van der Waals surface area (Å²) >= 11 is 1.58. The van der Waals surface area contributed by atoms with Crippen LogP contribution in [0.2, 0.25) is 0 Å². The Morgan fingerprint density at radius 3 is 2.32 bits per heavy atom. The maximum Gasteiger partial charge on any atom is 0.249 e. The van der Waals surface area contributed by atoms with Crippen molar-refractivity contribution in [1.29, 1.82) is 0 Å². The topological polar surface area (TPSA) is 53.1 Å². The molecule has 1 aliphatic rings. The van der Waals surface area contributed by atoms with Gasteiger partial charge in [0.05, 0.1) is 19.7 Å². The number of benzene rings is 2. The highest BCUT2D eigenvalue weighted by Gasteiger charge is 2.23. The Bertz CT molecular complexity index is 1100. The first-order valence-electron chi connectivity index (χ1n) is 12.7. The molecule has 1 aliphatic heterocycles. The lowest BCUT2D eigenvalue weighted by atomic mass is 10.2. The Balaban J connectivity index is 1.42. The number of ether oxygens (including phenoxy) is 1. The van der Waals surface area contributed by atoms with E-state index in [1.165, 1.54) is 25.0 Å². The van der Waals surface area contributed by atoms with Gasteiger partial charge in [-0.2, -0.15) is 0 Å². The van der Waals surface area contributed by atoms with Crippen LogP contribution in [0.15, 0.2) is 72.1 Å². The van der Waals surface area contributed by atoms with Crippen LogP contribution in [0.5, 0.6) is 0 Å². The van der Waals surface area contributed by atoms with E-state index in [-0.39, 0.29) is 30.8 Å². The highest BCUT2D eigenvalue weighted by Crippen LogP contribution is 2.16. The first-order chi connectivity index (χ1) is 18.1. The fraction of sp³-hybridized carbons (Fsp3) is 0.379. The van der Waals surface area contributed by atoms with Crippen LogP contribution in [0.4, 0.5) is 4.39 Å². The lowest BCUT2D eigenvalue weighted by Crippen LogP contribution is -2.46. The summed E-state index contributed by atoms with van der Waals surface area (Å²) in [6, 6.07) is 19.9. The molecule has 0 bridgehead atoms. The molecule has 2 aromatic carbocycles. The third-order valence-electron chi connectivity index (χ3n) is 6.47. The summed E-state index contributed by atoms with van der Waals surface area (Å²) < 4.78 is 19.1. The lowest BCUT2D eigenvalue weighted by molar-refractivity contribution is -0.144. The molecule has 1 aromatic heterocycles. The van der Waals surface area contributed by atoms with Crippen LogP contribution in [0.25, 0.3) is 0 Å². The zero-order chi connectivity index (χ0) is 25.9. The zero-order valence-corrected chi connectivity index (χ0v) is 21.9. The molecule has 1 fully saturated rings. The van der Waals surface area contributed by atoms with Crippen LogP contribution in [0, 0.1) is 5.82 Å². The minimum Gasteiger partial charge on any atom is -0.367 e. The van der Waals surface area contributed by atoms with Gasteiger partial charge in [-0.3, -0.25) is 9.59 Å². The SMILES string of the molecule is O=C(COCc1ccccc1)N(CCN1CCCC1)CC(=O)N(Cc1ccc(F)cc1)Cc1cccs1. The summed E-state index contributed by atoms with van der Waals surface area (Å²) in [6.45, 7) is 4.28. The van der Waals surface area contributed by atoms with Crippen molar-refractivity contribution in [3.63, 3.8) is 0 Å². The first-order valence-corrected chi connectivity index (χ1v) is 13.6. The fourth-order valence-corrected chi connectivity index (χ4v) is 5.10. The Kier molecular flexibility index (Phi) is 10.2. The van der Waals surface area contributed by atoms with Crippen molar-refractivity contribution in [1.82, 2.24) is 14.7 Å². The maximum absolute atomic E-state index is 13.6. The van der Waals surface area contributed by atoms with Gasteiger partial charge in [-0.15, -0.1) is 11.3 Å². The number of hydrogen-bond donors (Lipinski definition) is 0. The van der Waals surface area contributed by atoms with Crippen LogP contribution in [0.1, 0.15) is 28.8 Å². The van der Waals surface area contributed by atoms with E-state index < -0.39 is 0 Å². The number of carbonyl (C=O) groups is 2. The molecule has 0 unspecified atom stereocenters. The van der Waals surface area contributed by atoms with Gasteiger partial charge in [0.1, 0.15) is 12.4 Å². The molecule has 2 heterocycles. The quantitative estimate of drug-likeness (QED) is 0.330. The van der Waals surface area contributed by atoms with Gasteiger partial charge in [-0.05, 0) is 60.6 Å². The Morgan fingerprint density at radius 1 is 0.865 bits per heavy atom. The average molecular weight is 524 g/mol. The largest absolute Gasteiger partial charge is 0.367 e. The molecule has 0 radical (unpaired) electrons. The highest BCUT2D eigenvalue weighted by atomic mass is 32.1. The van der Waals surface area contributed by atoms with Gasteiger partial charge in [0.15, 0.2) is 0 Å². The molecular weight excluding hydrogens is 489 g/mol. The Morgan fingerprint density at radius 2 is 1.62 bits per heavy atom. The van der Waals surface area contributed by atoms with Gasteiger partial charge < -0.3 is 19.4 Å². The smallest absolute Gasteiger partial charge is 0.249 e. The summed E-state index contributed by atoms with van der Waals surface area (Å²) in [5, 5.41) is 1.98. The molecule has 0 saturated carbocycles. The lowest BCUT2D eigenvalue weighted by Gasteiger charge is -2.29. The third-order valence-corrected chi connectivity index (χ3v) is 7.33. The Labute approximate surface area is 222 Å². The summed E-state index contributed by atoms with van der Waals surface area (Å²) in [4.78, 5) is 33.5. The number of amides is 2. The van der Waals surface area contributed by atoms with Crippen LogP contribution in [-0.4, -0.2) is 65.8 Å². The number of rotatable bonds is 13. The average Bonchev–Trinajstić information content (AvgIpc) is 3.62. The minimum atomic E-state index is -0.311. The number of nitrogens with zero attached hydrogens (tertiary/aromatic N) is 3. The van der Waals surface area contributed by atoms with E-state index in [0.717, 1.165) is 35.6 Å². The van der Waals surface area contributed by atoms with Gasteiger partial charge in [-0.1, -0.05) is 48.5 Å². The summed E-state index contributed by atoms with van der Waals surface area (Å²) in [7, 11) is 0. The predicted molar refractivity (Wildman–Crippen MR) is 143 cm³/mol. The van der Waals surface area contributed by atoms with E-state index in [0.29, 0.717) is 26.2 Å². The van der Waals surface area contributed by atoms with Crippen molar-refractivity contribution in [2.45, 2.75) is 32.5 Å². The molecular formula is C29H34FN3O3S. The van der Waals surface area contributed by atoms with E-state index in [1.54, 1.807) is 33.3 Å².